The topological polar surface area (TPSA) is 129 Å². The predicted octanol–water partition coefficient (Wildman–Crippen LogP) is 10.0. The number of nitrogen functional groups attached to an aromatic ring is 1. The molecule has 45 heavy (non-hydrogen) atoms. The van der Waals surface area contributed by atoms with Crippen molar-refractivity contribution in [2.24, 2.45) is 0 Å². The Kier molecular flexibility index (Phi) is 22.1. The number of anilines is 2. The molecule has 9 nitrogen and oxygen atoms in total. The van der Waals surface area contributed by atoms with Gasteiger partial charge in [0.2, 0.25) is 0 Å². The zero-order chi connectivity index (χ0) is 35.5. The van der Waals surface area contributed by atoms with Gasteiger partial charge in [0.15, 0.2) is 0 Å². The van der Waals surface area contributed by atoms with E-state index in [0.717, 1.165) is 47.1 Å². The molecule has 252 valence electrons. The van der Waals surface area contributed by atoms with E-state index in [1.54, 1.807) is 20.3 Å². The van der Waals surface area contributed by atoms with Gasteiger partial charge in [-0.25, -0.2) is 4.79 Å². The second-order valence-electron chi connectivity index (χ2n) is 9.81. The molecule has 0 aliphatic carbocycles. The van der Waals surface area contributed by atoms with Crippen LogP contribution in [0.2, 0.25) is 0 Å². The number of benzene rings is 3. The summed E-state index contributed by atoms with van der Waals surface area (Å²) in [6.45, 7) is 17.5. The highest BCUT2D eigenvalue weighted by Crippen LogP contribution is 2.33. The Bertz CT molecular complexity index is 1330. The molecule has 12 heteroatoms. The Morgan fingerprint density at radius 2 is 1.22 bits per heavy atom. The van der Waals surface area contributed by atoms with Gasteiger partial charge in [-0.2, -0.15) is 0 Å². The molecule has 0 spiro atoms. The molecule has 0 unspecified atom stereocenters. The zero-order valence-electron chi connectivity index (χ0n) is 28.1. The van der Waals surface area contributed by atoms with Crippen molar-refractivity contribution in [1.29, 1.82) is 0 Å². The van der Waals surface area contributed by atoms with Gasteiger partial charge < -0.3 is 29.8 Å². The maximum atomic E-state index is 11.7. The van der Waals surface area contributed by atoms with E-state index in [9.17, 15) is 9.90 Å². The molecule has 0 aliphatic heterocycles. The van der Waals surface area contributed by atoms with Crippen molar-refractivity contribution < 1.29 is 33.6 Å². The third kappa shape index (κ3) is 16.3. The summed E-state index contributed by atoms with van der Waals surface area (Å²) in [5, 5.41) is 11.9. The molecule has 0 bridgehead atoms. The maximum absolute atomic E-state index is 11.7. The van der Waals surface area contributed by atoms with E-state index in [1.807, 2.05) is 92.6 Å². The van der Waals surface area contributed by atoms with Crippen molar-refractivity contribution >= 4 is 71.7 Å². The fourth-order valence-corrected chi connectivity index (χ4v) is 4.50. The van der Waals surface area contributed by atoms with Gasteiger partial charge in [0.1, 0.15) is 22.8 Å². The summed E-state index contributed by atoms with van der Waals surface area (Å²) in [6.07, 6.45) is -0.487. The van der Waals surface area contributed by atoms with Crippen LogP contribution in [0.5, 0.6) is 17.2 Å². The lowest BCUT2D eigenvalue weighted by Gasteiger charge is -2.21. The number of ether oxygens (including phenoxy) is 4. The number of hydrogen-bond donors (Lipinski definition) is 3. The lowest BCUT2D eigenvalue weighted by molar-refractivity contribution is -0.126. The van der Waals surface area contributed by atoms with Crippen LogP contribution in [0.3, 0.4) is 0 Å². The fraction of sp³-hybridized carbons (Fsp3) is 0.394. The Balaban J connectivity index is 0. The van der Waals surface area contributed by atoms with Crippen LogP contribution in [0.1, 0.15) is 56.9 Å². The number of methoxy groups -OCH3 is 3. The van der Waals surface area contributed by atoms with Gasteiger partial charge in [0, 0.05) is 24.5 Å². The van der Waals surface area contributed by atoms with Crippen molar-refractivity contribution in [1.82, 2.24) is 0 Å². The molecule has 3 aromatic carbocycles. The summed E-state index contributed by atoms with van der Waals surface area (Å²) in [5.41, 5.74) is 10.5. The van der Waals surface area contributed by atoms with Gasteiger partial charge in [-0.1, -0.05) is 29.8 Å². The number of rotatable bonds is 4. The first-order valence-electron chi connectivity index (χ1n) is 13.8. The number of nitrogens with one attached hydrogen (secondary N) is 1. The highest BCUT2D eigenvalue weighted by atomic mass is 79.9. The minimum absolute atomic E-state index is 0.362. The van der Waals surface area contributed by atoms with Gasteiger partial charge >= 0.3 is 6.09 Å². The molecule has 0 atom stereocenters. The van der Waals surface area contributed by atoms with E-state index in [-0.39, 0.29) is 0 Å². The molecular formula is C33H47Br3N2O7. The van der Waals surface area contributed by atoms with E-state index >= 15 is 0 Å². The standard InChI is InChI=1S/C13H18BrNO3.C8H10BrNO.C8H9BrO.C2H4O2.C2H6/c1-8-10(17-5)7-6-9(14)11(8)15-12(16)18-13(2,3)4;1-5-7(11-2)4-3-6(9)8(5)10;1-5-6(2)8(10)4-3-7(5)9;1-4-2-3;1-2/h6-7H,1-5H3,(H,15,16);3-4H,10H2,1-2H3;3-4,10H,1-2H3;2H,1H3;1-2H3. The van der Waals surface area contributed by atoms with Crippen molar-refractivity contribution in [2.45, 2.75) is 67.9 Å². The number of nitrogens with two attached hydrogens (primary N) is 1. The average molecular weight is 823 g/mol. The minimum Gasteiger partial charge on any atom is -0.508 e. The number of carbonyl (C=O) groups is 2. The Morgan fingerprint density at radius 1 is 0.778 bits per heavy atom. The molecule has 3 rings (SSSR count). The summed E-state index contributed by atoms with van der Waals surface area (Å²) < 4.78 is 22.1. The molecule has 1 amide bonds. The fourth-order valence-electron chi connectivity index (χ4n) is 3.11. The summed E-state index contributed by atoms with van der Waals surface area (Å²) in [5.74, 6) is 1.90. The third-order valence-corrected chi connectivity index (χ3v) is 7.84. The highest BCUT2D eigenvalue weighted by Gasteiger charge is 2.18. The summed E-state index contributed by atoms with van der Waals surface area (Å²) >= 11 is 10.1. The summed E-state index contributed by atoms with van der Waals surface area (Å²) in [6, 6.07) is 10.9. The number of carbonyl (C=O) groups excluding carboxylic acids is 2. The minimum atomic E-state index is -0.524. The molecule has 0 aromatic heterocycles. The smallest absolute Gasteiger partial charge is 0.412 e. The number of amides is 1. The monoisotopic (exact) mass is 820 g/mol. The van der Waals surface area contributed by atoms with Crippen LogP contribution in [0.4, 0.5) is 16.2 Å². The molecule has 4 N–H and O–H groups in total. The molecule has 0 heterocycles. The van der Waals surface area contributed by atoms with Crippen LogP contribution in [-0.2, 0) is 14.3 Å². The number of phenols is 1. The zero-order valence-corrected chi connectivity index (χ0v) is 32.9. The van der Waals surface area contributed by atoms with Gasteiger partial charge in [0.05, 0.1) is 32.7 Å². The highest BCUT2D eigenvalue weighted by molar-refractivity contribution is 9.11. The third-order valence-electron chi connectivity index (χ3n) is 5.63. The van der Waals surface area contributed by atoms with E-state index in [1.165, 1.54) is 7.11 Å². The Morgan fingerprint density at radius 3 is 1.64 bits per heavy atom. The van der Waals surface area contributed by atoms with E-state index < -0.39 is 11.7 Å². The molecule has 0 saturated heterocycles. The number of aromatic hydroxyl groups is 1. The van der Waals surface area contributed by atoms with Crippen LogP contribution in [0.25, 0.3) is 0 Å². The summed E-state index contributed by atoms with van der Waals surface area (Å²) in [4.78, 5) is 20.7. The molecule has 0 radical (unpaired) electrons. The SMILES string of the molecule is CC.COC=O.COc1ccc(Br)c(N)c1C.COc1ccc(Br)c(NC(=O)OC(C)(C)C)c1C.Cc1c(O)ccc(Br)c1C. The van der Waals surface area contributed by atoms with Gasteiger partial charge in [-0.3, -0.25) is 10.1 Å². The van der Waals surface area contributed by atoms with Crippen LogP contribution in [0, 0.1) is 27.7 Å². The van der Waals surface area contributed by atoms with Crippen molar-refractivity contribution in [3.8, 4) is 17.2 Å². The molecule has 0 saturated carbocycles. The first kappa shape index (κ1) is 44.2. The van der Waals surface area contributed by atoms with E-state index in [0.29, 0.717) is 23.7 Å². The second-order valence-corrected chi connectivity index (χ2v) is 12.4. The molecular weight excluding hydrogens is 776 g/mol. The molecule has 0 aliphatic rings. The Hall–Kier alpha value is -2.96. The first-order valence-corrected chi connectivity index (χ1v) is 16.2. The molecule has 3 aromatic rings. The van der Waals surface area contributed by atoms with Crippen LogP contribution < -0.4 is 20.5 Å². The van der Waals surface area contributed by atoms with E-state index in [4.69, 9.17) is 24.7 Å². The lowest BCUT2D eigenvalue weighted by Crippen LogP contribution is -2.27. The van der Waals surface area contributed by atoms with Crippen molar-refractivity contribution in [3.63, 3.8) is 0 Å². The average Bonchev–Trinajstić information content (AvgIpc) is 3.00. The Labute approximate surface area is 293 Å². The first-order chi connectivity index (χ1) is 20.9. The van der Waals surface area contributed by atoms with Crippen LogP contribution in [-0.4, -0.2) is 44.6 Å². The number of phenolic OH excluding ortho intramolecular Hbond substituents is 1. The number of halogens is 3. The quantitative estimate of drug-likeness (QED) is 0.175. The number of hydrogen-bond acceptors (Lipinski definition) is 8. The summed E-state index contributed by atoms with van der Waals surface area (Å²) in [7, 11) is 4.54. The second kappa shape index (κ2) is 22.5. The predicted molar refractivity (Wildman–Crippen MR) is 195 cm³/mol. The van der Waals surface area contributed by atoms with Gasteiger partial charge in [0.25, 0.3) is 6.47 Å². The van der Waals surface area contributed by atoms with Crippen LogP contribution in [0.15, 0.2) is 49.8 Å². The maximum Gasteiger partial charge on any atom is 0.412 e. The normalized spacial score (nSPS) is 9.58. The van der Waals surface area contributed by atoms with Crippen molar-refractivity contribution in [2.75, 3.05) is 32.4 Å². The molecule has 0 fully saturated rings. The van der Waals surface area contributed by atoms with Crippen LogP contribution >= 0.6 is 47.8 Å². The van der Waals surface area contributed by atoms with Crippen molar-refractivity contribution in [3.05, 3.63) is 72.1 Å². The van der Waals surface area contributed by atoms with Gasteiger partial charge in [-0.05, 0) is 128 Å². The largest absolute Gasteiger partial charge is 0.508 e. The van der Waals surface area contributed by atoms with Gasteiger partial charge in [-0.15, -0.1) is 0 Å². The lowest BCUT2D eigenvalue weighted by atomic mass is 10.1. The van der Waals surface area contributed by atoms with E-state index in [2.05, 4.69) is 57.8 Å².